The van der Waals surface area contributed by atoms with E-state index in [0.717, 1.165) is 50.9 Å². The fourth-order valence-corrected chi connectivity index (χ4v) is 3.43. The first kappa shape index (κ1) is 15.8. The fraction of sp³-hybridized carbons (Fsp3) is 0.526. The van der Waals surface area contributed by atoms with Gasteiger partial charge in [0.05, 0.1) is 12.3 Å². The Morgan fingerprint density at radius 1 is 1.12 bits per heavy atom. The molecular weight excluding hydrogens is 305 g/mol. The van der Waals surface area contributed by atoms with Crippen molar-refractivity contribution in [2.45, 2.75) is 32.5 Å². The first-order valence-electron chi connectivity index (χ1n) is 8.81. The molecule has 128 valence electrons. The number of hydrogen-bond donors (Lipinski definition) is 0. The molecule has 1 aromatic heterocycles. The minimum Gasteiger partial charge on any atom is -0.381 e. The number of nitrogens with zero attached hydrogens (tertiary/aromatic N) is 3. The van der Waals surface area contributed by atoms with E-state index in [9.17, 15) is 4.39 Å². The lowest BCUT2D eigenvalue weighted by molar-refractivity contribution is 0.0696. The van der Waals surface area contributed by atoms with Crippen molar-refractivity contribution in [1.82, 2.24) is 14.7 Å². The standard InChI is InChI=1S/C19H24FN3O/c20-18-3-1-2-16(8-18)9-22-10-17(14-24-13-15-4-5-15)11-23-19(12-22)6-7-21-23/h1-3,6-8,15,17H,4-5,9-14H2/t17-/m0/s1. The zero-order valence-corrected chi connectivity index (χ0v) is 13.9. The molecule has 0 amide bonds. The van der Waals surface area contributed by atoms with Crippen LogP contribution in [0, 0.1) is 17.7 Å². The van der Waals surface area contributed by atoms with Crippen LogP contribution in [0.3, 0.4) is 0 Å². The summed E-state index contributed by atoms with van der Waals surface area (Å²) in [6.07, 6.45) is 4.50. The second kappa shape index (κ2) is 7.03. The monoisotopic (exact) mass is 329 g/mol. The average molecular weight is 329 g/mol. The molecule has 0 radical (unpaired) electrons. The molecule has 4 rings (SSSR count). The lowest BCUT2D eigenvalue weighted by atomic mass is 10.1. The van der Waals surface area contributed by atoms with Gasteiger partial charge in [0.15, 0.2) is 0 Å². The van der Waals surface area contributed by atoms with Gasteiger partial charge in [-0.05, 0) is 42.5 Å². The molecule has 1 aliphatic heterocycles. The van der Waals surface area contributed by atoms with Crippen molar-refractivity contribution >= 4 is 0 Å². The quantitative estimate of drug-likeness (QED) is 0.816. The summed E-state index contributed by atoms with van der Waals surface area (Å²) in [5, 5.41) is 4.45. The molecule has 2 heterocycles. The Morgan fingerprint density at radius 3 is 2.83 bits per heavy atom. The Hall–Kier alpha value is -1.72. The van der Waals surface area contributed by atoms with Crippen molar-refractivity contribution < 1.29 is 9.13 Å². The molecule has 4 nitrogen and oxygen atoms in total. The van der Waals surface area contributed by atoms with Crippen LogP contribution in [0.5, 0.6) is 0 Å². The number of fused-ring (bicyclic) bond motifs is 1. The number of ether oxygens (including phenoxy) is 1. The molecule has 1 saturated carbocycles. The Bertz CT molecular complexity index is 683. The SMILES string of the molecule is Fc1cccc(CN2Cc3ccnn3C[C@@H](COCC3CC3)C2)c1. The summed E-state index contributed by atoms with van der Waals surface area (Å²) in [5.41, 5.74) is 2.23. The maximum Gasteiger partial charge on any atom is 0.123 e. The topological polar surface area (TPSA) is 30.3 Å². The van der Waals surface area contributed by atoms with Gasteiger partial charge in [0, 0.05) is 44.9 Å². The van der Waals surface area contributed by atoms with Crippen LogP contribution in [0.4, 0.5) is 4.39 Å². The molecule has 2 aromatic rings. The molecule has 2 aliphatic rings. The van der Waals surface area contributed by atoms with Gasteiger partial charge in [-0.25, -0.2) is 4.39 Å². The molecule has 0 spiro atoms. The van der Waals surface area contributed by atoms with E-state index in [1.165, 1.54) is 24.6 Å². The summed E-state index contributed by atoms with van der Waals surface area (Å²) in [4.78, 5) is 2.38. The van der Waals surface area contributed by atoms with Crippen LogP contribution in [0.2, 0.25) is 0 Å². The summed E-state index contributed by atoms with van der Waals surface area (Å²) in [7, 11) is 0. The van der Waals surface area contributed by atoms with Gasteiger partial charge in [0.2, 0.25) is 0 Å². The predicted octanol–water partition coefficient (Wildman–Crippen LogP) is 3.08. The van der Waals surface area contributed by atoms with Gasteiger partial charge >= 0.3 is 0 Å². The minimum absolute atomic E-state index is 0.170. The molecule has 24 heavy (non-hydrogen) atoms. The highest BCUT2D eigenvalue weighted by Crippen LogP contribution is 2.29. The second-order valence-electron chi connectivity index (χ2n) is 7.15. The summed E-state index contributed by atoms with van der Waals surface area (Å²) in [6.45, 7) is 5.11. The van der Waals surface area contributed by atoms with Gasteiger partial charge in [-0.1, -0.05) is 12.1 Å². The summed E-state index contributed by atoms with van der Waals surface area (Å²) >= 11 is 0. The van der Waals surface area contributed by atoms with Crippen LogP contribution < -0.4 is 0 Å². The third kappa shape index (κ3) is 4.02. The van der Waals surface area contributed by atoms with E-state index in [1.54, 1.807) is 12.1 Å². The number of benzene rings is 1. The predicted molar refractivity (Wildman–Crippen MR) is 89.8 cm³/mol. The van der Waals surface area contributed by atoms with Crippen LogP contribution in [0.1, 0.15) is 24.1 Å². The second-order valence-corrected chi connectivity index (χ2v) is 7.15. The van der Waals surface area contributed by atoms with Crippen molar-refractivity contribution in [2.75, 3.05) is 19.8 Å². The van der Waals surface area contributed by atoms with E-state index in [-0.39, 0.29) is 5.82 Å². The zero-order chi connectivity index (χ0) is 16.4. The summed E-state index contributed by atoms with van der Waals surface area (Å²) in [6, 6.07) is 8.97. The molecule has 1 atom stereocenters. The Balaban J connectivity index is 1.43. The number of halogens is 1. The van der Waals surface area contributed by atoms with E-state index in [0.29, 0.717) is 5.92 Å². The Kier molecular flexibility index (Phi) is 4.63. The van der Waals surface area contributed by atoms with Crippen LogP contribution in [0.25, 0.3) is 0 Å². The molecular formula is C19H24FN3O. The van der Waals surface area contributed by atoms with E-state index >= 15 is 0 Å². The molecule has 5 heteroatoms. The third-order valence-electron chi connectivity index (χ3n) is 4.84. The summed E-state index contributed by atoms with van der Waals surface area (Å²) in [5.74, 6) is 1.04. The lowest BCUT2D eigenvalue weighted by Gasteiger charge is -2.24. The molecule has 0 N–H and O–H groups in total. The van der Waals surface area contributed by atoms with Gasteiger partial charge < -0.3 is 4.74 Å². The van der Waals surface area contributed by atoms with Crippen LogP contribution >= 0.6 is 0 Å². The van der Waals surface area contributed by atoms with E-state index in [1.807, 2.05) is 12.3 Å². The number of rotatable bonds is 6. The lowest BCUT2D eigenvalue weighted by Crippen LogP contribution is -2.30. The van der Waals surface area contributed by atoms with Crippen molar-refractivity contribution in [2.24, 2.45) is 11.8 Å². The van der Waals surface area contributed by atoms with Crippen molar-refractivity contribution in [1.29, 1.82) is 0 Å². The summed E-state index contributed by atoms with van der Waals surface area (Å²) < 4.78 is 21.5. The molecule has 1 aromatic carbocycles. The van der Waals surface area contributed by atoms with Crippen LogP contribution in [-0.4, -0.2) is 34.4 Å². The Labute approximate surface area is 142 Å². The maximum absolute atomic E-state index is 13.5. The Morgan fingerprint density at radius 2 is 2.00 bits per heavy atom. The van der Waals surface area contributed by atoms with Gasteiger partial charge in [-0.2, -0.15) is 5.10 Å². The minimum atomic E-state index is -0.170. The van der Waals surface area contributed by atoms with Gasteiger partial charge in [0.25, 0.3) is 0 Å². The largest absolute Gasteiger partial charge is 0.381 e. The molecule has 0 unspecified atom stereocenters. The average Bonchev–Trinajstić information content (AvgIpc) is 3.30. The number of aromatic nitrogens is 2. The molecule has 0 saturated heterocycles. The van der Waals surface area contributed by atoms with Crippen molar-refractivity contribution in [3.8, 4) is 0 Å². The van der Waals surface area contributed by atoms with Gasteiger partial charge in [-0.3, -0.25) is 9.58 Å². The van der Waals surface area contributed by atoms with Crippen LogP contribution in [0.15, 0.2) is 36.5 Å². The molecule has 0 bridgehead atoms. The number of hydrogen-bond acceptors (Lipinski definition) is 3. The van der Waals surface area contributed by atoms with E-state index in [4.69, 9.17) is 4.74 Å². The van der Waals surface area contributed by atoms with Gasteiger partial charge in [0.1, 0.15) is 5.82 Å². The highest BCUT2D eigenvalue weighted by Gasteiger charge is 2.25. The first-order valence-corrected chi connectivity index (χ1v) is 8.81. The van der Waals surface area contributed by atoms with Gasteiger partial charge in [-0.15, -0.1) is 0 Å². The van der Waals surface area contributed by atoms with Crippen molar-refractivity contribution in [3.63, 3.8) is 0 Å². The third-order valence-corrected chi connectivity index (χ3v) is 4.84. The van der Waals surface area contributed by atoms with Crippen molar-refractivity contribution in [3.05, 3.63) is 53.6 Å². The maximum atomic E-state index is 13.5. The highest BCUT2D eigenvalue weighted by atomic mass is 19.1. The smallest absolute Gasteiger partial charge is 0.123 e. The van der Waals surface area contributed by atoms with E-state index in [2.05, 4.69) is 20.7 Å². The van der Waals surface area contributed by atoms with Crippen LogP contribution in [-0.2, 0) is 24.4 Å². The van der Waals surface area contributed by atoms with E-state index < -0.39 is 0 Å². The fourth-order valence-electron chi connectivity index (χ4n) is 3.43. The highest BCUT2D eigenvalue weighted by molar-refractivity contribution is 5.16. The molecule has 1 fully saturated rings. The molecule has 1 aliphatic carbocycles. The zero-order valence-electron chi connectivity index (χ0n) is 13.9. The normalized spacial score (nSPS) is 21.5. The first-order chi connectivity index (χ1) is 11.8.